The Hall–Kier alpha value is -1.95. The van der Waals surface area contributed by atoms with Gasteiger partial charge in [0, 0.05) is 31.2 Å². The molecule has 1 aromatic carbocycles. The van der Waals surface area contributed by atoms with Gasteiger partial charge in [-0.2, -0.15) is 5.26 Å². The molecule has 1 fully saturated rings. The van der Waals surface area contributed by atoms with Crippen molar-refractivity contribution in [2.75, 3.05) is 24.5 Å². The summed E-state index contributed by atoms with van der Waals surface area (Å²) in [6.45, 7) is 2.11. The summed E-state index contributed by atoms with van der Waals surface area (Å²) in [4.78, 5) is 6.57. The van der Waals surface area contributed by atoms with Gasteiger partial charge in [-0.25, -0.2) is 18.1 Å². The SMILES string of the molecule is N#Cc1ccccc1S(=O)(=O)NCC1CCCN(c2nccs2)C1. The van der Waals surface area contributed by atoms with Crippen molar-refractivity contribution in [3.8, 4) is 6.07 Å². The molecule has 0 aliphatic carbocycles. The molecule has 0 bridgehead atoms. The maximum Gasteiger partial charge on any atom is 0.241 e. The van der Waals surface area contributed by atoms with E-state index in [4.69, 9.17) is 5.26 Å². The van der Waals surface area contributed by atoms with E-state index in [0.717, 1.165) is 31.1 Å². The first-order valence-electron chi connectivity index (χ1n) is 7.73. The predicted octanol–water partition coefficient (Wildman–Crippen LogP) is 2.21. The van der Waals surface area contributed by atoms with Crippen LogP contribution in [0, 0.1) is 17.2 Å². The van der Waals surface area contributed by atoms with E-state index in [1.807, 2.05) is 11.4 Å². The van der Waals surface area contributed by atoms with Crippen molar-refractivity contribution < 1.29 is 8.42 Å². The number of hydrogen-bond donors (Lipinski definition) is 1. The summed E-state index contributed by atoms with van der Waals surface area (Å²) in [6.07, 6.45) is 3.77. The lowest BCUT2D eigenvalue weighted by Crippen LogP contribution is -2.41. The second-order valence-corrected chi connectivity index (χ2v) is 8.34. The zero-order chi connectivity index (χ0) is 17.0. The molecule has 3 rings (SSSR count). The molecule has 6 nitrogen and oxygen atoms in total. The molecule has 0 radical (unpaired) electrons. The lowest BCUT2D eigenvalue weighted by Gasteiger charge is -2.32. The van der Waals surface area contributed by atoms with E-state index in [2.05, 4.69) is 14.6 Å². The zero-order valence-corrected chi connectivity index (χ0v) is 14.7. The quantitative estimate of drug-likeness (QED) is 0.881. The second kappa shape index (κ2) is 7.30. The Labute approximate surface area is 145 Å². The Morgan fingerprint density at radius 1 is 1.42 bits per heavy atom. The fraction of sp³-hybridized carbons (Fsp3) is 0.375. The first-order valence-corrected chi connectivity index (χ1v) is 10.1. The number of rotatable bonds is 5. The number of piperidine rings is 1. The van der Waals surface area contributed by atoms with Crippen LogP contribution >= 0.6 is 11.3 Å². The van der Waals surface area contributed by atoms with Crippen LogP contribution in [0.5, 0.6) is 0 Å². The third-order valence-electron chi connectivity index (χ3n) is 4.07. The number of aromatic nitrogens is 1. The minimum Gasteiger partial charge on any atom is -0.348 e. The Balaban J connectivity index is 1.65. The lowest BCUT2D eigenvalue weighted by molar-refractivity contribution is 0.410. The summed E-state index contributed by atoms with van der Waals surface area (Å²) >= 11 is 1.60. The van der Waals surface area contributed by atoms with Crippen LogP contribution in [0.1, 0.15) is 18.4 Å². The van der Waals surface area contributed by atoms with E-state index in [0.29, 0.717) is 6.54 Å². The number of sulfonamides is 1. The van der Waals surface area contributed by atoms with Gasteiger partial charge >= 0.3 is 0 Å². The van der Waals surface area contributed by atoms with Gasteiger partial charge in [0.15, 0.2) is 5.13 Å². The largest absolute Gasteiger partial charge is 0.348 e. The molecule has 0 spiro atoms. The van der Waals surface area contributed by atoms with Crippen molar-refractivity contribution in [1.82, 2.24) is 9.71 Å². The summed E-state index contributed by atoms with van der Waals surface area (Å²) in [7, 11) is -3.68. The maximum absolute atomic E-state index is 12.5. The molecule has 0 saturated carbocycles. The van der Waals surface area contributed by atoms with Crippen LogP contribution in [0.15, 0.2) is 40.7 Å². The number of nitrogens with one attached hydrogen (secondary N) is 1. The molecule has 2 heterocycles. The third-order valence-corrected chi connectivity index (χ3v) is 6.38. The Bertz CT molecular complexity index is 828. The summed E-state index contributed by atoms with van der Waals surface area (Å²) in [5.41, 5.74) is 0.165. The van der Waals surface area contributed by atoms with Gasteiger partial charge in [0.05, 0.1) is 10.5 Å². The highest BCUT2D eigenvalue weighted by Crippen LogP contribution is 2.25. The van der Waals surface area contributed by atoms with E-state index in [1.54, 1.807) is 29.7 Å². The molecule has 8 heteroatoms. The lowest BCUT2D eigenvalue weighted by atomic mass is 9.99. The standard InChI is InChI=1S/C16H18N4O2S2/c17-10-14-5-1-2-6-15(14)24(21,22)19-11-13-4-3-8-20(12-13)16-18-7-9-23-16/h1-2,5-7,9,13,19H,3-4,8,11-12H2. The summed E-state index contributed by atoms with van der Waals surface area (Å²) in [6, 6.07) is 8.19. The average Bonchev–Trinajstić information content (AvgIpc) is 3.15. The Morgan fingerprint density at radius 3 is 3.00 bits per heavy atom. The van der Waals surface area contributed by atoms with Crippen molar-refractivity contribution in [2.45, 2.75) is 17.7 Å². The molecule has 1 aliphatic rings. The first-order chi connectivity index (χ1) is 11.6. The van der Waals surface area contributed by atoms with Crippen LogP contribution in [-0.4, -0.2) is 33.0 Å². The molecular formula is C16H18N4O2S2. The van der Waals surface area contributed by atoms with Crippen molar-refractivity contribution >= 4 is 26.5 Å². The number of hydrogen-bond acceptors (Lipinski definition) is 6. The van der Waals surface area contributed by atoms with Gasteiger partial charge < -0.3 is 4.90 Å². The van der Waals surface area contributed by atoms with E-state index in [9.17, 15) is 8.42 Å². The summed E-state index contributed by atoms with van der Waals surface area (Å²) in [5, 5.41) is 12.0. The van der Waals surface area contributed by atoms with E-state index < -0.39 is 10.0 Å². The van der Waals surface area contributed by atoms with Gasteiger partial charge in [-0.3, -0.25) is 0 Å². The van der Waals surface area contributed by atoms with Gasteiger partial charge in [0.2, 0.25) is 10.0 Å². The molecule has 1 N–H and O–H groups in total. The highest BCUT2D eigenvalue weighted by Gasteiger charge is 2.24. The number of anilines is 1. The Morgan fingerprint density at radius 2 is 2.25 bits per heavy atom. The topological polar surface area (TPSA) is 86.1 Å². The van der Waals surface area contributed by atoms with E-state index in [1.165, 1.54) is 12.1 Å². The highest BCUT2D eigenvalue weighted by molar-refractivity contribution is 7.89. The monoisotopic (exact) mass is 362 g/mol. The minimum atomic E-state index is -3.68. The average molecular weight is 362 g/mol. The minimum absolute atomic E-state index is 0.0417. The number of nitrogens with zero attached hydrogens (tertiary/aromatic N) is 3. The van der Waals surface area contributed by atoms with Gasteiger partial charge in [0.1, 0.15) is 6.07 Å². The maximum atomic E-state index is 12.5. The van der Waals surface area contributed by atoms with Crippen LogP contribution in [0.3, 0.4) is 0 Å². The van der Waals surface area contributed by atoms with E-state index in [-0.39, 0.29) is 16.4 Å². The Kier molecular flexibility index (Phi) is 5.14. The van der Waals surface area contributed by atoms with Crippen LogP contribution < -0.4 is 9.62 Å². The van der Waals surface area contributed by atoms with Gasteiger partial charge in [-0.15, -0.1) is 11.3 Å². The van der Waals surface area contributed by atoms with E-state index >= 15 is 0 Å². The van der Waals surface area contributed by atoms with Gasteiger partial charge in [-0.1, -0.05) is 12.1 Å². The molecule has 1 aliphatic heterocycles. The number of nitriles is 1. The van der Waals surface area contributed by atoms with Crippen LogP contribution in [0.4, 0.5) is 5.13 Å². The smallest absolute Gasteiger partial charge is 0.241 e. The van der Waals surface area contributed by atoms with Gasteiger partial charge in [-0.05, 0) is 30.9 Å². The molecule has 1 unspecified atom stereocenters. The normalized spacial score (nSPS) is 18.3. The number of thiazole rings is 1. The van der Waals surface area contributed by atoms with Crippen molar-refractivity contribution in [3.05, 3.63) is 41.4 Å². The predicted molar refractivity (Wildman–Crippen MR) is 93.4 cm³/mol. The fourth-order valence-corrected chi connectivity index (χ4v) is 4.83. The van der Waals surface area contributed by atoms with Gasteiger partial charge in [0.25, 0.3) is 0 Å². The molecule has 24 heavy (non-hydrogen) atoms. The summed E-state index contributed by atoms with van der Waals surface area (Å²) < 4.78 is 27.6. The van der Waals surface area contributed by atoms with Crippen LogP contribution in [0.25, 0.3) is 0 Å². The fourth-order valence-electron chi connectivity index (χ4n) is 2.88. The molecule has 1 saturated heterocycles. The second-order valence-electron chi connectivity index (χ2n) is 5.73. The zero-order valence-electron chi connectivity index (χ0n) is 13.1. The molecule has 1 atom stereocenters. The third kappa shape index (κ3) is 3.75. The van der Waals surface area contributed by atoms with Crippen molar-refractivity contribution in [2.24, 2.45) is 5.92 Å². The molecule has 2 aromatic rings. The highest BCUT2D eigenvalue weighted by atomic mass is 32.2. The van der Waals surface area contributed by atoms with Crippen molar-refractivity contribution in [3.63, 3.8) is 0 Å². The summed E-state index contributed by atoms with van der Waals surface area (Å²) in [5.74, 6) is 0.228. The van der Waals surface area contributed by atoms with Crippen LogP contribution in [0.2, 0.25) is 0 Å². The van der Waals surface area contributed by atoms with Crippen molar-refractivity contribution in [1.29, 1.82) is 5.26 Å². The molecule has 1 aromatic heterocycles. The molecule has 126 valence electrons. The van der Waals surface area contributed by atoms with Crippen LogP contribution in [-0.2, 0) is 10.0 Å². The molecule has 0 amide bonds. The molecular weight excluding hydrogens is 344 g/mol. The number of benzene rings is 1. The first kappa shape index (κ1) is 16.9.